The molecule has 0 atom stereocenters. The Balaban J connectivity index is -0.0000000399. The lowest BCUT2D eigenvalue weighted by Crippen LogP contribution is -2.02. The highest BCUT2D eigenvalue weighted by Crippen LogP contribution is 1.42. The van der Waals surface area contributed by atoms with Crippen LogP contribution in [0.3, 0.4) is 0 Å². The van der Waals surface area contributed by atoms with Gasteiger partial charge in [0, 0.05) is 34.0 Å². The molecule has 0 aliphatic carbocycles. The maximum absolute atomic E-state index is 9.00. The Labute approximate surface area is 107 Å². The summed E-state index contributed by atoms with van der Waals surface area (Å²) in [5, 5.41) is 37.3. The first-order valence-electron chi connectivity index (χ1n) is 4.75. The maximum atomic E-state index is 9.00. The van der Waals surface area contributed by atoms with E-state index in [1.54, 1.807) is 0 Å². The highest BCUT2D eigenvalue weighted by molar-refractivity contribution is 5.63. The second-order valence-corrected chi connectivity index (χ2v) is 2.06. The van der Waals surface area contributed by atoms with E-state index in [1.807, 2.05) is 0 Å². The standard InChI is InChI=1S/2C2H7NO.2C2H4O2.CH4O/c2*3-1-2-4;2*1-2(3)4;1-2/h2*4H,1-3H2;2*1H3,(H,3,4);2H,1H3. The quantitative estimate of drug-likeness (QED) is 0.289. The number of carboxylic acids is 2. The smallest absolute Gasteiger partial charge is 0.300 e. The largest absolute Gasteiger partial charge is 0.481 e. The Morgan fingerprint density at radius 3 is 0.889 bits per heavy atom. The minimum absolute atomic E-state index is 0.0972. The molecule has 0 radical (unpaired) electrons. The van der Waals surface area contributed by atoms with Gasteiger partial charge in [-0.05, 0) is 0 Å². The number of carbonyl (C=O) groups is 2. The number of nitrogens with two attached hydrogens (primary N) is 2. The van der Waals surface area contributed by atoms with E-state index in [4.69, 9.17) is 46.6 Å². The number of hydrogen-bond donors (Lipinski definition) is 7. The molecule has 9 N–H and O–H groups in total. The third kappa shape index (κ3) is 5080. The zero-order valence-corrected chi connectivity index (χ0v) is 11.0. The molecule has 0 spiro atoms. The first-order chi connectivity index (χ1) is 8.29. The van der Waals surface area contributed by atoms with Gasteiger partial charge in [-0.15, -0.1) is 0 Å². The van der Waals surface area contributed by atoms with Crippen LogP contribution in [0.25, 0.3) is 0 Å². The van der Waals surface area contributed by atoms with E-state index in [-0.39, 0.29) is 13.2 Å². The SMILES string of the molecule is CC(=O)O.CC(=O)O.CO.NCCO.NCCO. The van der Waals surface area contributed by atoms with E-state index in [1.165, 1.54) is 0 Å². The molecule has 9 nitrogen and oxygen atoms in total. The summed E-state index contributed by atoms with van der Waals surface area (Å²) in [4.78, 5) is 18.0. The molecule has 0 bridgehead atoms. The molecule has 0 amide bonds. The van der Waals surface area contributed by atoms with Crippen molar-refractivity contribution < 1.29 is 35.1 Å². The third-order valence-corrected chi connectivity index (χ3v) is 0.258. The molecule has 114 valence electrons. The van der Waals surface area contributed by atoms with Crippen molar-refractivity contribution >= 4 is 11.9 Å². The van der Waals surface area contributed by atoms with Crippen LogP contribution in [0.15, 0.2) is 0 Å². The summed E-state index contributed by atoms with van der Waals surface area (Å²) >= 11 is 0. The first kappa shape index (κ1) is 30.1. The first-order valence-corrected chi connectivity index (χ1v) is 4.75. The van der Waals surface area contributed by atoms with E-state index in [2.05, 4.69) is 0 Å². The lowest BCUT2D eigenvalue weighted by atomic mass is 10.8. The van der Waals surface area contributed by atoms with E-state index >= 15 is 0 Å². The van der Waals surface area contributed by atoms with Crippen LogP contribution < -0.4 is 11.5 Å². The molecule has 0 aliphatic rings. The van der Waals surface area contributed by atoms with Gasteiger partial charge in [0.2, 0.25) is 0 Å². The molecule has 0 rings (SSSR count). The summed E-state index contributed by atoms with van der Waals surface area (Å²) in [6.45, 7) is 3.11. The highest BCUT2D eigenvalue weighted by atomic mass is 16.4. The van der Waals surface area contributed by atoms with Crippen LogP contribution in [-0.2, 0) is 9.59 Å². The summed E-state index contributed by atoms with van der Waals surface area (Å²) in [6.07, 6.45) is 0. The average Bonchev–Trinajstić information content (AvgIpc) is 2.30. The van der Waals surface area contributed by atoms with Crippen molar-refractivity contribution in [1.82, 2.24) is 0 Å². The van der Waals surface area contributed by atoms with Crippen LogP contribution in [-0.4, -0.2) is 70.9 Å². The van der Waals surface area contributed by atoms with Crippen molar-refractivity contribution in [1.29, 1.82) is 0 Å². The second-order valence-electron chi connectivity index (χ2n) is 2.06. The van der Waals surface area contributed by atoms with Gasteiger partial charge in [0.15, 0.2) is 0 Å². The van der Waals surface area contributed by atoms with Crippen LogP contribution in [0.1, 0.15) is 13.8 Å². The monoisotopic (exact) mass is 274 g/mol. The van der Waals surface area contributed by atoms with Crippen molar-refractivity contribution in [3.8, 4) is 0 Å². The number of carboxylic acid groups (broad SMARTS) is 2. The normalized spacial score (nSPS) is 6.44. The summed E-state index contributed by atoms with van der Waals surface area (Å²) in [7, 11) is 1.00. The molecule has 0 saturated heterocycles. The summed E-state index contributed by atoms with van der Waals surface area (Å²) in [6, 6.07) is 0. The molecular formula is C9H26N2O7. The zero-order chi connectivity index (χ0) is 16.0. The maximum Gasteiger partial charge on any atom is 0.300 e. The van der Waals surface area contributed by atoms with Gasteiger partial charge in [0.1, 0.15) is 0 Å². The molecule has 0 aromatic carbocycles. The summed E-state index contributed by atoms with van der Waals surface area (Å²) in [5.41, 5.74) is 9.56. The average molecular weight is 274 g/mol. The highest BCUT2D eigenvalue weighted by Gasteiger charge is 1.66. The number of hydrogen-bond acceptors (Lipinski definition) is 7. The van der Waals surface area contributed by atoms with Crippen molar-refractivity contribution in [2.24, 2.45) is 11.5 Å². The van der Waals surface area contributed by atoms with Crippen LogP contribution in [0.5, 0.6) is 0 Å². The second kappa shape index (κ2) is 44.8. The van der Waals surface area contributed by atoms with Crippen molar-refractivity contribution in [3.05, 3.63) is 0 Å². The van der Waals surface area contributed by atoms with E-state index in [9.17, 15) is 0 Å². The van der Waals surface area contributed by atoms with Gasteiger partial charge in [-0.1, -0.05) is 0 Å². The molecule has 0 heterocycles. The van der Waals surface area contributed by atoms with Crippen LogP contribution >= 0.6 is 0 Å². The molecule has 18 heavy (non-hydrogen) atoms. The number of aliphatic hydroxyl groups excluding tert-OH is 3. The molecular weight excluding hydrogens is 248 g/mol. The Morgan fingerprint density at radius 2 is 0.889 bits per heavy atom. The van der Waals surface area contributed by atoms with Gasteiger partial charge in [-0.25, -0.2) is 0 Å². The number of aliphatic hydroxyl groups is 3. The lowest BCUT2D eigenvalue weighted by molar-refractivity contribution is -0.135. The Kier molecular flexibility index (Phi) is 74.8. The molecule has 0 saturated carbocycles. The fourth-order valence-corrected chi connectivity index (χ4v) is 0. The van der Waals surface area contributed by atoms with Gasteiger partial charge in [0.25, 0.3) is 11.9 Å². The molecule has 0 aromatic heterocycles. The molecule has 0 fully saturated rings. The lowest BCUT2D eigenvalue weighted by Gasteiger charge is -1.71. The van der Waals surface area contributed by atoms with Crippen LogP contribution in [0.4, 0.5) is 0 Å². The van der Waals surface area contributed by atoms with E-state index in [0.29, 0.717) is 13.1 Å². The fraction of sp³-hybridized carbons (Fsp3) is 0.778. The zero-order valence-electron chi connectivity index (χ0n) is 11.0. The molecule has 0 aliphatic heterocycles. The number of aliphatic carboxylic acids is 2. The predicted octanol–water partition coefficient (Wildman–Crippen LogP) is -2.33. The van der Waals surface area contributed by atoms with Crippen molar-refractivity contribution in [2.45, 2.75) is 13.8 Å². The van der Waals surface area contributed by atoms with Crippen LogP contribution in [0, 0.1) is 0 Å². The molecule has 0 unspecified atom stereocenters. The predicted molar refractivity (Wildman–Crippen MR) is 67.0 cm³/mol. The van der Waals surface area contributed by atoms with Gasteiger partial charge >= 0.3 is 0 Å². The van der Waals surface area contributed by atoms with Crippen molar-refractivity contribution in [3.63, 3.8) is 0 Å². The van der Waals surface area contributed by atoms with Crippen molar-refractivity contribution in [2.75, 3.05) is 33.4 Å². The summed E-state index contributed by atoms with van der Waals surface area (Å²) in [5.74, 6) is -1.67. The topological polar surface area (TPSA) is 187 Å². The van der Waals surface area contributed by atoms with Gasteiger partial charge in [0.05, 0.1) is 13.2 Å². The molecule has 9 heteroatoms. The third-order valence-electron chi connectivity index (χ3n) is 0.258. The van der Waals surface area contributed by atoms with Crippen LogP contribution in [0.2, 0.25) is 0 Å². The Hall–Kier alpha value is -1.26. The Bertz CT molecular complexity index is 117. The minimum atomic E-state index is -0.833. The molecule has 0 aromatic rings. The van der Waals surface area contributed by atoms with E-state index < -0.39 is 11.9 Å². The van der Waals surface area contributed by atoms with Gasteiger partial charge < -0.3 is 37.0 Å². The fourth-order valence-electron chi connectivity index (χ4n) is 0. The van der Waals surface area contributed by atoms with Gasteiger partial charge in [-0.3, -0.25) is 9.59 Å². The van der Waals surface area contributed by atoms with Gasteiger partial charge in [-0.2, -0.15) is 0 Å². The number of rotatable bonds is 2. The minimum Gasteiger partial charge on any atom is -0.481 e. The van der Waals surface area contributed by atoms with E-state index in [0.717, 1.165) is 21.0 Å². The Morgan fingerprint density at radius 1 is 0.833 bits per heavy atom. The summed E-state index contributed by atoms with van der Waals surface area (Å²) < 4.78 is 0.